The Morgan fingerprint density at radius 3 is 2.62 bits per heavy atom. The molecule has 21 heavy (non-hydrogen) atoms. The van der Waals surface area contributed by atoms with Gasteiger partial charge in [0.25, 0.3) is 11.6 Å². The van der Waals surface area contributed by atoms with Crippen molar-refractivity contribution < 1.29 is 28.7 Å². The first kappa shape index (κ1) is 14.9. The number of nitro groups is 1. The summed E-state index contributed by atoms with van der Waals surface area (Å²) in [6.07, 6.45) is -1.89. The molecule has 0 saturated carbocycles. The summed E-state index contributed by atoms with van der Waals surface area (Å²) in [4.78, 5) is 32.6. The Kier molecular flexibility index (Phi) is 4.13. The van der Waals surface area contributed by atoms with Crippen LogP contribution in [0.15, 0.2) is 18.2 Å². The third-order valence-corrected chi connectivity index (χ3v) is 3.02. The number of carboxylic acid groups (broad SMARTS) is 1. The van der Waals surface area contributed by atoms with Crippen molar-refractivity contribution in [3.63, 3.8) is 0 Å². The summed E-state index contributed by atoms with van der Waals surface area (Å²) < 4.78 is 18.6. The van der Waals surface area contributed by atoms with E-state index in [2.05, 4.69) is 5.32 Å². The molecular weight excluding hydrogens is 287 g/mol. The molecule has 1 aliphatic rings. The highest BCUT2D eigenvalue weighted by Gasteiger charge is 2.35. The van der Waals surface area contributed by atoms with E-state index in [0.29, 0.717) is 0 Å². The number of aliphatic carboxylic acids is 1. The molecule has 1 aliphatic heterocycles. The van der Waals surface area contributed by atoms with Crippen molar-refractivity contribution in [1.82, 2.24) is 0 Å². The number of nitro benzene ring substituents is 1. The minimum Gasteiger partial charge on any atom is -0.479 e. The van der Waals surface area contributed by atoms with Gasteiger partial charge in [-0.05, 0) is 18.9 Å². The van der Waals surface area contributed by atoms with E-state index in [1.165, 1.54) is 0 Å². The van der Waals surface area contributed by atoms with Crippen LogP contribution in [0.25, 0.3) is 0 Å². The maximum absolute atomic E-state index is 13.6. The zero-order valence-corrected chi connectivity index (χ0v) is 10.6. The van der Waals surface area contributed by atoms with Gasteiger partial charge >= 0.3 is 5.97 Å². The van der Waals surface area contributed by atoms with Crippen LogP contribution in [0.3, 0.4) is 0 Å². The molecule has 0 unspecified atom stereocenters. The summed E-state index contributed by atoms with van der Waals surface area (Å²) in [6, 6.07) is 3.17. The molecule has 0 aromatic heterocycles. The summed E-state index contributed by atoms with van der Waals surface area (Å²) in [5.41, 5.74) is -1.15. The van der Waals surface area contributed by atoms with E-state index in [1.54, 1.807) is 0 Å². The highest BCUT2D eigenvalue weighted by Crippen LogP contribution is 2.28. The topological polar surface area (TPSA) is 119 Å². The number of rotatable bonds is 4. The van der Waals surface area contributed by atoms with Gasteiger partial charge in [0.1, 0.15) is 6.10 Å². The second-order valence-electron chi connectivity index (χ2n) is 4.41. The van der Waals surface area contributed by atoms with E-state index < -0.39 is 46.2 Å². The molecule has 2 rings (SSSR count). The third kappa shape index (κ3) is 3.14. The van der Waals surface area contributed by atoms with Crippen LogP contribution >= 0.6 is 0 Å². The van der Waals surface area contributed by atoms with E-state index in [1.807, 2.05) is 0 Å². The molecule has 1 aromatic carbocycles. The van der Waals surface area contributed by atoms with E-state index >= 15 is 0 Å². The lowest BCUT2D eigenvalue weighted by atomic mass is 10.2. The quantitative estimate of drug-likeness (QED) is 0.639. The van der Waals surface area contributed by atoms with Crippen molar-refractivity contribution in [1.29, 1.82) is 0 Å². The third-order valence-electron chi connectivity index (χ3n) is 3.02. The van der Waals surface area contributed by atoms with Crippen molar-refractivity contribution in [3.05, 3.63) is 34.1 Å². The SMILES string of the molecule is O=C(Nc1c(F)cccc1[N+](=O)[O-])[C@@H]1CC[C@H](C(=O)O)O1. The number of hydrogen-bond donors (Lipinski definition) is 2. The molecule has 0 bridgehead atoms. The van der Waals surface area contributed by atoms with Gasteiger partial charge in [0, 0.05) is 6.07 Å². The second-order valence-corrected chi connectivity index (χ2v) is 4.41. The molecular formula is C12H11FN2O6. The fourth-order valence-electron chi connectivity index (χ4n) is 2.00. The molecule has 2 atom stereocenters. The molecule has 2 N–H and O–H groups in total. The Labute approximate surface area is 117 Å². The average molecular weight is 298 g/mol. The van der Waals surface area contributed by atoms with E-state index in [0.717, 1.165) is 18.2 Å². The summed E-state index contributed by atoms with van der Waals surface area (Å²) in [5, 5.41) is 21.6. The van der Waals surface area contributed by atoms with Crippen LogP contribution in [0.1, 0.15) is 12.8 Å². The molecule has 112 valence electrons. The van der Waals surface area contributed by atoms with Gasteiger partial charge in [-0.15, -0.1) is 0 Å². The Morgan fingerprint density at radius 2 is 2.05 bits per heavy atom. The highest BCUT2D eigenvalue weighted by atomic mass is 19.1. The van der Waals surface area contributed by atoms with Gasteiger partial charge in [0.15, 0.2) is 17.6 Å². The van der Waals surface area contributed by atoms with Gasteiger partial charge in [-0.25, -0.2) is 9.18 Å². The smallest absolute Gasteiger partial charge is 0.332 e. The number of halogens is 1. The van der Waals surface area contributed by atoms with Crippen molar-refractivity contribution in [2.24, 2.45) is 0 Å². The molecule has 1 saturated heterocycles. The summed E-state index contributed by atoms with van der Waals surface area (Å²) in [5.74, 6) is -2.96. The minimum atomic E-state index is -1.19. The Balaban J connectivity index is 2.14. The van der Waals surface area contributed by atoms with Crippen LogP contribution in [-0.4, -0.2) is 34.1 Å². The van der Waals surface area contributed by atoms with E-state index in [9.17, 15) is 24.1 Å². The summed E-state index contributed by atoms with van der Waals surface area (Å²) in [6.45, 7) is 0. The highest BCUT2D eigenvalue weighted by molar-refractivity contribution is 5.96. The number of amides is 1. The van der Waals surface area contributed by atoms with Crippen LogP contribution in [0.5, 0.6) is 0 Å². The number of nitrogens with zero attached hydrogens (tertiary/aromatic N) is 1. The van der Waals surface area contributed by atoms with Crippen molar-refractivity contribution in [2.75, 3.05) is 5.32 Å². The summed E-state index contributed by atoms with van der Waals surface area (Å²) in [7, 11) is 0. The van der Waals surface area contributed by atoms with Crippen LogP contribution < -0.4 is 5.32 Å². The lowest BCUT2D eigenvalue weighted by molar-refractivity contribution is -0.384. The Morgan fingerprint density at radius 1 is 1.38 bits per heavy atom. The van der Waals surface area contributed by atoms with Gasteiger partial charge in [0.05, 0.1) is 4.92 Å². The van der Waals surface area contributed by atoms with Crippen molar-refractivity contribution in [3.8, 4) is 0 Å². The van der Waals surface area contributed by atoms with E-state index in [4.69, 9.17) is 9.84 Å². The monoisotopic (exact) mass is 298 g/mol. The number of benzene rings is 1. The van der Waals surface area contributed by atoms with Crippen molar-refractivity contribution >= 4 is 23.3 Å². The normalized spacial score (nSPS) is 21.0. The number of para-hydroxylation sites is 1. The molecule has 0 radical (unpaired) electrons. The molecule has 0 aliphatic carbocycles. The number of carbonyl (C=O) groups excluding carboxylic acids is 1. The predicted molar refractivity (Wildman–Crippen MR) is 67.2 cm³/mol. The first-order chi connectivity index (χ1) is 9.90. The number of carboxylic acids is 1. The molecule has 1 amide bonds. The number of anilines is 1. The number of ether oxygens (including phenoxy) is 1. The maximum atomic E-state index is 13.6. The molecule has 9 heteroatoms. The molecule has 1 heterocycles. The lowest BCUT2D eigenvalue weighted by Gasteiger charge is -2.12. The Hall–Kier alpha value is -2.55. The number of nitrogens with one attached hydrogen (secondary N) is 1. The number of carbonyl (C=O) groups is 2. The van der Waals surface area contributed by atoms with Crippen molar-refractivity contribution in [2.45, 2.75) is 25.0 Å². The predicted octanol–water partition coefficient (Wildman–Crippen LogP) is 1.30. The molecule has 1 aromatic rings. The van der Waals surface area contributed by atoms with Crippen LogP contribution in [0.2, 0.25) is 0 Å². The fraction of sp³-hybridized carbons (Fsp3) is 0.333. The summed E-state index contributed by atoms with van der Waals surface area (Å²) >= 11 is 0. The largest absolute Gasteiger partial charge is 0.479 e. The van der Waals surface area contributed by atoms with Gasteiger partial charge in [-0.1, -0.05) is 6.07 Å². The number of hydrogen-bond acceptors (Lipinski definition) is 5. The second kappa shape index (κ2) is 5.83. The van der Waals surface area contributed by atoms with E-state index in [-0.39, 0.29) is 12.8 Å². The van der Waals surface area contributed by atoms with Crippen LogP contribution in [0.4, 0.5) is 15.8 Å². The molecule has 8 nitrogen and oxygen atoms in total. The lowest BCUT2D eigenvalue weighted by Crippen LogP contribution is -2.30. The van der Waals surface area contributed by atoms with Gasteiger partial charge < -0.3 is 15.2 Å². The Bertz CT molecular complexity index is 605. The maximum Gasteiger partial charge on any atom is 0.332 e. The molecule has 0 spiro atoms. The zero-order chi connectivity index (χ0) is 15.6. The standard InChI is InChI=1S/C12H11FN2O6/c13-6-2-1-3-7(15(19)20)10(6)14-11(16)8-4-5-9(21-8)12(17)18/h1-3,8-9H,4-5H2,(H,14,16)(H,17,18)/t8-,9+/m0/s1. The van der Waals surface area contributed by atoms with Gasteiger partial charge in [0.2, 0.25) is 0 Å². The first-order valence-electron chi connectivity index (χ1n) is 6.02. The first-order valence-corrected chi connectivity index (χ1v) is 6.02. The van der Waals surface area contributed by atoms with Crippen LogP contribution in [-0.2, 0) is 14.3 Å². The fourth-order valence-corrected chi connectivity index (χ4v) is 2.00. The van der Waals surface area contributed by atoms with Crippen LogP contribution in [0, 0.1) is 15.9 Å². The average Bonchev–Trinajstić information content (AvgIpc) is 2.90. The minimum absolute atomic E-state index is 0.144. The van der Waals surface area contributed by atoms with Gasteiger partial charge in [-0.3, -0.25) is 14.9 Å². The zero-order valence-electron chi connectivity index (χ0n) is 10.6. The molecule has 1 fully saturated rings. The van der Waals surface area contributed by atoms with Gasteiger partial charge in [-0.2, -0.15) is 0 Å².